The first-order valence-electron chi connectivity index (χ1n) is 5.51. The average Bonchev–Trinajstić information content (AvgIpc) is 2.24. The molecule has 0 aromatic heterocycles. The van der Waals surface area contributed by atoms with E-state index in [1.165, 1.54) is 11.1 Å². The molecule has 2 heteroatoms. The highest BCUT2D eigenvalue weighted by atomic mass is 15.2. The van der Waals surface area contributed by atoms with Crippen molar-refractivity contribution in [1.82, 2.24) is 5.43 Å². The van der Waals surface area contributed by atoms with Crippen molar-refractivity contribution in [2.24, 2.45) is 5.84 Å². The molecule has 15 heavy (non-hydrogen) atoms. The van der Waals surface area contributed by atoms with Gasteiger partial charge in [-0.3, -0.25) is 11.3 Å². The van der Waals surface area contributed by atoms with E-state index in [1.807, 2.05) is 6.08 Å². The van der Waals surface area contributed by atoms with Gasteiger partial charge in [0.15, 0.2) is 0 Å². The van der Waals surface area contributed by atoms with Crippen LogP contribution in [0.15, 0.2) is 36.9 Å². The maximum absolute atomic E-state index is 5.60. The van der Waals surface area contributed by atoms with Gasteiger partial charge in [0.2, 0.25) is 0 Å². The standard InChI is InChI=1S/C13H18N2/c1-2-3-8-13(15-14)12-9-10-6-4-5-7-11(10)12/h2,4-7,12-13,15H,1,3,8-9,14H2. The molecule has 2 rings (SSSR count). The van der Waals surface area contributed by atoms with E-state index in [2.05, 4.69) is 36.3 Å². The maximum Gasteiger partial charge on any atom is 0.0285 e. The van der Waals surface area contributed by atoms with Crippen molar-refractivity contribution in [3.63, 3.8) is 0 Å². The van der Waals surface area contributed by atoms with Crippen LogP contribution in [0, 0.1) is 0 Å². The lowest BCUT2D eigenvalue weighted by atomic mass is 9.72. The van der Waals surface area contributed by atoms with Crippen LogP contribution in [0.5, 0.6) is 0 Å². The predicted molar refractivity (Wildman–Crippen MR) is 63.4 cm³/mol. The van der Waals surface area contributed by atoms with Gasteiger partial charge in [-0.25, -0.2) is 0 Å². The van der Waals surface area contributed by atoms with Gasteiger partial charge in [0, 0.05) is 12.0 Å². The summed E-state index contributed by atoms with van der Waals surface area (Å²) in [6.45, 7) is 3.75. The predicted octanol–water partition coefficient (Wildman–Crippen LogP) is 2.12. The quantitative estimate of drug-likeness (QED) is 0.436. The number of hydrogen-bond donors (Lipinski definition) is 2. The van der Waals surface area contributed by atoms with E-state index < -0.39 is 0 Å². The fourth-order valence-corrected chi connectivity index (χ4v) is 2.35. The summed E-state index contributed by atoms with van der Waals surface area (Å²) in [5.74, 6) is 6.19. The van der Waals surface area contributed by atoms with Crippen LogP contribution >= 0.6 is 0 Å². The number of benzene rings is 1. The van der Waals surface area contributed by atoms with Crippen molar-refractivity contribution in [3.05, 3.63) is 48.0 Å². The molecule has 0 amide bonds. The molecule has 2 unspecified atom stereocenters. The van der Waals surface area contributed by atoms with Crippen LogP contribution in [0.1, 0.15) is 29.9 Å². The van der Waals surface area contributed by atoms with Crippen molar-refractivity contribution < 1.29 is 0 Å². The SMILES string of the molecule is C=CCCC(NN)C1Cc2ccccc21. The Morgan fingerprint density at radius 3 is 3.00 bits per heavy atom. The highest BCUT2D eigenvalue weighted by molar-refractivity contribution is 5.41. The van der Waals surface area contributed by atoms with Crippen molar-refractivity contribution in [3.8, 4) is 0 Å². The first-order chi connectivity index (χ1) is 7.36. The van der Waals surface area contributed by atoms with E-state index in [4.69, 9.17) is 5.84 Å². The third-order valence-electron chi connectivity index (χ3n) is 3.28. The minimum atomic E-state index is 0.387. The zero-order chi connectivity index (χ0) is 10.7. The summed E-state index contributed by atoms with van der Waals surface area (Å²) in [6.07, 6.45) is 5.20. The molecule has 80 valence electrons. The molecule has 1 aliphatic rings. The summed E-state index contributed by atoms with van der Waals surface area (Å²) < 4.78 is 0. The summed E-state index contributed by atoms with van der Waals surface area (Å²) in [7, 11) is 0. The smallest absolute Gasteiger partial charge is 0.0285 e. The third-order valence-corrected chi connectivity index (χ3v) is 3.28. The van der Waals surface area contributed by atoms with Gasteiger partial charge in [-0.15, -0.1) is 6.58 Å². The van der Waals surface area contributed by atoms with Crippen LogP contribution in [0.25, 0.3) is 0 Å². The van der Waals surface area contributed by atoms with Crippen molar-refractivity contribution in [1.29, 1.82) is 0 Å². The molecule has 0 bridgehead atoms. The molecule has 0 spiro atoms. The molecule has 2 atom stereocenters. The van der Waals surface area contributed by atoms with E-state index in [0.29, 0.717) is 12.0 Å². The first kappa shape index (κ1) is 10.4. The van der Waals surface area contributed by atoms with Crippen LogP contribution in [0.3, 0.4) is 0 Å². The lowest BCUT2D eigenvalue weighted by molar-refractivity contribution is 0.387. The highest BCUT2D eigenvalue weighted by Crippen LogP contribution is 2.38. The zero-order valence-corrected chi connectivity index (χ0v) is 8.95. The zero-order valence-electron chi connectivity index (χ0n) is 8.95. The van der Waals surface area contributed by atoms with Crippen molar-refractivity contribution in [2.45, 2.75) is 31.2 Å². The maximum atomic E-state index is 5.60. The van der Waals surface area contributed by atoms with Gasteiger partial charge in [-0.2, -0.15) is 0 Å². The molecular formula is C13H18N2. The normalized spacial score (nSPS) is 20.2. The van der Waals surface area contributed by atoms with E-state index in [1.54, 1.807) is 0 Å². The second kappa shape index (κ2) is 4.60. The van der Waals surface area contributed by atoms with Gasteiger partial charge in [0.05, 0.1) is 0 Å². The number of rotatable bonds is 5. The fourth-order valence-electron chi connectivity index (χ4n) is 2.35. The summed E-state index contributed by atoms with van der Waals surface area (Å²) in [4.78, 5) is 0. The van der Waals surface area contributed by atoms with Gasteiger partial charge >= 0.3 is 0 Å². The van der Waals surface area contributed by atoms with Crippen LogP contribution in [0.4, 0.5) is 0 Å². The van der Waals surface area contributed by atoms with E-state index in [9.17, 15) is 0 Å². The van der Waals surface area contributed by atoms with Gasteiger partial charge in [0.1, 0.15) is 0 Å². The molecule has 3 N–H and O–H groups in total. The van der Waals surface area contributed by atoms with Crippen LogP contribution in [0.2, 0.25) is 0 Å². The molecule has 1 aromatic carbocycles. The third kappa shape index (κ3) is 1.96. The number of hydrazine groups is 1. The fraction of sp³-hybridized carbons (Fsp3) is 0.385. The summed E-state index contributed by atoms with van der Waals surface area (Å²) in [5.41, 5.74) is 5.87. The lowest BCUT2D eigenvalue weighted by Gasteiger charge is -2.36. The molecule has 0 heterocycles. The van der Waals surface area contributed by atoms with Crippen LogP contribution in [-0.4, -0.2) is 6.04 Å². The summed E-state index contributed by atoms with van der Waals surface area (Å²) in [6, 6.07) is 9.00. The summed E-state index contributed by atoms with van der Waals surface area (Å²) >= 11 is 0. The number of nitrogens with two attached hydrogens (primary N) is 1. The molecule has 0 radical (unpaired) electrons. The Balaban J connectivity index is 2.04. The average molecular weight is 202 g/mol. The van der Waals surface area contributed by atoms with Gasteiger partial charge in [0.25, 0.3) is 0 Å². The minimum absolute atomic E-state index is 0.387. The van der Waals surface area contributed by atoms with Crippen molar-refractivity contribution in [2.75, 3.05) is 0 Å². The molecule has 0 fully saturated rings. The molecule has 0 saturated carbocycles. The molecule has 1 aliphatic carbocycles. The second-order valence-electron chi connectivity index (χ2n) is 4.15. The van der Waals surface area contributed by atoms with Gasteiger partial charge < -0.3 is 0 Å². The molecule has 0 saturated heterocycles. The summed E-state index contributed by atoms with van der Waals surface area (Å²) in [5, 5.41) is 0. The Hall–Kier alpha value is -1.12. The van der Waals surface area contributed by atoms with E-state index in [0.717, 1.165) is 19.3 Å². The highest BCUT2D eigenvalue weighted by Gasteiger charge is 2.31. The van der Waals surface area contributed by atoms with Gasteiger partial charge in [-0.05, 0) is 30.4 Å². The lowest BCUT2D eigenvalue weighted by Crippen LogP contribution is -2.43. The van der Waals surface area contributed by atoms with Crippen molar-refractivity contribution >= 4 is 0 Å². The van der Waals surface area contributed by atoms with Crippen LogP contribution in [-0.2, 0) is 6.42 Å². The molecule has 2 nitrogen and oxygen atoms in total. The Morgan fingerprint density at radius 2 is 2.33 bits per heavy atom. The number of nitrogens with one attached hydrogen (secondary N) is 1. The largest absolute Gasteiger partial charge is 0.271 e. The Bertz CT molecular complexity index is 346. The Morgan fingerprint density at radius 1 is 1.53 bits per heavy atom. The van der Waals surface area contributed by atoms with E-state index in [-0.39, 0.29) is 0 Å². The number of allylic oxidation sites excluding steroid dienone is 1. The monoisotopic (exact) mass is 202 g/mol. The van der Waals surface area contributed by atoms with E-state index >= 15 is 0 Å². The minimum Gasteiger partial charge on any atom is -0.271 e. The Labute approximate surface area is 91.2 Å². The second-order valence-corrected chi connectivity index (χ2v) is 4.15. The van der Waals surface area contributed by atoms with Crippen LogP contribution < -0.4 is 11.3 Å². The number of hydrogen-bond acceptors (Lipinski definition) is 2. The molecule has 1 aromatic rings. The molecule has 0 aliphatic heterocycles. The first-order valence-corrected chi connectivity index (χ1v) is 5.51. The Kier molecular flexibility index (Phi) is 3.19. The molecular weight excluding hydrogens is 184 g/mol. The number of fused-ring (bicyclic) bond motifs is 1. The topological polar surface area (TPSA) is 38.0 Å². The van der Waals surface area contributed by atoms with Gasteiger partial charge in [-0.1, -0.05) is 30.3 Å².